The number of amides is 3. The van der Waals surface area contributed by atoms with Gasteiger partial charge in [-0.3, -0.25) is 9.69 Å². The maximum atomic E-state index is 13.5. The van der Waals surface area contributed by atoms with E-state index in [1.54, 1.807) is 23.1 Å². The van der Waals surface area contributed by atoms with Crippen LogP contribution in [0.1, 0.15) is 51.6 Å². The van der Waals surface area contributed by atoms with Crippen molar-refractivity contribution in [2.75, 3.05) is 16.8 Å². The normalized spacial score (nSPS) is 17.6. The summed E-state index contributed by atoms with van der Waals surface area (Å²) in [6.45, 7) is 5.05. The quantitative estimate of drug-likeness (QED) is 0.600. The number of hydrogen-bond donors (Lipinski definition) is 1. The molecule has 1 N–H and O–H groups in total. The first-order chi connectivity index (χ1) is 15.0. The van der Waals surface area contributed by atoms with Crippen LogP contribution in [-0.2, 0) is 11.3 Å². The molecule has 0 radical (unpaired) electrons. The number of urea groups is 1. The van der Waals surface area contributed by atoms with Crippen molar-refractivity contribution < 1.29 is 9.59 Å². The monoisotopic (exact) mass is 440 g/mol. The zero-order valence-electron chi connectivity index (χ0n) is 18.1. The van der Waals surface area contributed by atoms with E-state index in [0.29, 0.717) is 29.0 Å². The number of carbonyl (C=O) groups excluding carboxylic acids is 2. The summed E-state index contributed by atoms with van der Waals surface area (Å²) in [6, 6.07) is 10.9. The Hall–Kier alpha value is -2.60. The molecule has 0 bridgehead atoms. The van der Waals surface area contributed by atoms with Crippen LogP contribution < -0.4 is 10.2 Å². The number of nitrogens with one attached hydrogen (secondary N) is 1. The molecule has 1 atom stereocenters. The highest BCUT2D eigenvalue weighted by Gasteiger charge is 2.34. The highest BCUT2D eigenvalue weighted by Crippen LogP contribution is 2.37. The van der Waals surface area contributed by atoms with Crippen molar-refractivity contribution in [3.05, 3.63) is 47.1 Å². The Morgan fingerprint density at radius 1 is 1.26 bits per heavy atom. The highest BCUT2D eigenvalue weighted by molar-refractivity contribution is 6.31. The minimum Gasteiger partial charge on any atom is -0.318 e. The van der Waals surface area contributed by atoms with Crippen LogP contribution in [0.15, 0.2) is 36.4 Å². The van der Waals surface area contributed by atoms with E-state index in [0.717, 1.165) is 37.2 Å². The van der Waals surface area contributed by atoms with Crippen LogP contribution >= 0.6 is 11.6 Å². The summed E-state index contributed by atoms with van der Waals surface area (Å²) >= 11 is 6.22. The van der Waals surface area contributed by atoms with E-state index in [4.69, 9.17) is 16.6 Å². The van der Waals surface area contributed by atoms with Gasteiger partial charge in [0.25, 0.3) is 0 Å². The molecule has 164 valence electrons. The number of carbonyl (C=O) groups is 2. The largest absolute Gasteiger partial charge is 0.329 e. The Morgan fingerprint density at radius 2 is 2.03 bits per heavy atom. The Labute approximate surface area is 188 Å². The summed E-state index contributed by atoms with van der Waals surface area (Å²) in [4.78, 5) is 34.1. The zero-order chi connectivity index (χ0) is 22.0. The lowest BCUT2D eigenvalue weighted by Gasteiger charge is -2.37. The molecule has 1 saturated carbocycles. The summed E-state index contributed by atoms with van der Waals surface area (Å²) in [5.41, 5.74) is 2.23. The van der Waals surface area contributed by atoms with Gasteiger partial charge in [0.15, 0.2) is 0 Å². The second-order valence-corrected chi connectivity index (χ2v) is 9.03. The first-order valence-electron chi connectivity index (χ1n) is 11.1. The first kappa shape index (κ1) is 21.6. The third kappa shape index (κ3) is 4.69. The molecule has 2 heterocycles. The van der Waals surface area contributed by atoms with Crippen LogP contribution in [0.25, 0.3) is 0 Å². The van der Waals surface area contributed by atoms with Crippen LogP contribution in [0.5, 0.6) is 0 Å². The van der Waals surface area contributed by atoms with Crippen molar-refractivity contribution in [1.82, 2.24) is 9.88 Å². The average molecular weight is 441 g/mol. The van der Waals surface area contributed by atoms with Crippen LogP contribution in [0.4, 0.5) is 22.0 Å². The van der Waals surface area contributed by atoms with E-state index >= 15 is 0 Å². The third-order valence-corrected chi connectivity index (χ3v) is 6.56. The van der Waals surface area contributed by atoms with Gasteiger partial charge in [-0.05, 0) is 55.5 Å². The van der Waals surface area contributed by atoms with E-state index in [-0.39, 0.29) is 17.9 Å². The standard InChI is InChI=1S/C24H29ClN4O2/c1-3-16(2)23(30)27-22-12-11-21-20(26-22)15-28(14-17-7-4-5-8-17)24(31)29(21)19-10-6-9-18(25)13-19/h6,9-13,16-17H,3-5,7-8,14-15H2,1-2H3,(H,26,27,30)/t16-/m1/s1. The molecule has 0 saturated heterocycles. The van der Waals surface area contributed by atoms with Gasteiger partial charge >= 0.3 is 6.03 Å². The predicted octanol–water partition coefficient (Wildman–Crippen LogP) is 5.98. The van der Waals surface area contributed by atoms with Crippen molar-refractivity contribution in [3.63, 3.8) is 0 Å². The Balaban J connectivity index is 1.68. The van der Waals surface area contributed by atoms with E-state index in [2.05, 4.69) is 5.32 Å². The van der Waals surface area contributed by atoms with E-state index in [1.165, 1.54) is 12.8 Å². The van der Waals surface area contributed by atoms with Crippen LogP contribution in [0.3, 0.4) is 0 Å². The molecule has 1 fully saturated rings. The van der Waals surface area contributed by atoms with E-state index in [1.807, 2.05) is 36.9 Å². The number of hydrogen-bond acceptors (Lipinski definition) is 3. The van der Waals surface area contributed by atoms with Crippen LogP contribution in [0.2, 0.25) is 5.02 Å². The van der Waals surface area contributed by atoms with Gasteiger partial charge in [0.1, 0.15) is 5.82 Å². The fourth-order valence-electron chi connectivity index (χ4n) is 4.32. The summed E-state index contributed by atoms with van der Waals surface area (Å²) in [5.74, 6) is 0.919. The summed E-state index contributed by atoms with van der Waals surface area (Å²) in [7, 11) is 0. The molecule has 2 aliphatic rings. The number of nitrogens with zero attached hydrogens (tertiary/aromatic N) is 3. The molecule has 3 amide bonds. The number of rotatable bonds is 6. The van der Waals surface area contributed by atoms with Crippen molar-refractivity contribution in [3.8, 4) is 0 Å². The summed E-state index contributed by atoms with van der Waals surface area (Å²) < 4.78 is 0. The molecular formula is C24H29ClN4O2. The minimum absolute atomic E-state index is 0.0451. The molecule has 1 aliphatic heterocycles. The van der Waals surface area contributed by atoms with Gasteiger partial charge in [0.05, 0.1) is 23.6 Å². The molecule has 6 nitrogen and oxygen atoms in total. The van der Waals surface area contributed by atoms with E-state index in [9.17, 15) is 9.59 Å². The number of anilines is 3. The number of fused-ring (bicyclic) bond motifs is 1. The maximum Gasteiger partial charge on any atom is 0.329 e. The molecule has 31 heavy (non-hydrogen) atoms. The predicted molar refractivity (Wildman–Crippen MR) is 124 cm³/mol. The van der Waals surface area contributed by atoms with E-state index < -0.39 is 0 Å². The van der Waals surface area contributed by atoms with Crippen molar-refractivity contribution >= 4 is 40.7 Å². The Kier molecular flexibility index (Phi) is 6.46. The second-order valence-electron chi connectivity index (χ2n) is 8.59. The van der Waals surface area contributed by atoms with Crippen molar-refractivity contribution in [2.45, 2.75) is 52.5 Å². The molecule has 1 aromatic carbocycles. The number of benzene rings is 1. The van der Waals surface area contributed by atoms with Gasteiger partial charge in [-0.25, -0.2) is 9.78 Å². The molecule has 0 spiro atoms. The topological polar surface area (TPSA) is 65.5 Å². The Morgan fingerprint density at radius 3 is 2.74 bits per heavy atom. The first-order valence-corrected chi connectivity index (χ1v) is 11.5. The zero-order valence-corrected chi connectivity index (χ0v) is 18.9. The van der Waals surface area contributed by atoms with Gasteiger partial charge in [-0.2, -0.15) is 0 Å². The molecule has 1 aromatic heterocycles. The lowest BCUT2D eigenvalue weighted by molar-refractivity contribution is -0.119. The Bertz CT molecular complexity index is 974. The van der Waals surface area contributed by atoms with Crippen LogP contribution in [0, 0.1) is 11.8 Å². The fourth-order valence-corrected chi connectivity index (χ4v) is 4.51. The maximum absolute atomic E-state index is 13.5. The minimum atomic E-state index is -0.0822. The average Bonchev–Trinajstić information content (AvgIpc) is 3.27. The van der Waals surface area contributed by atoms with Gasteiger partial charge < -0.3 is 10.2 Å². The lowest BCUT2D eigenvalue weighted by Crippen LogP contribution is -2.46. The SMILES string of the molecule is CC[C@@H](C)C(=O)Nc1ccc2c(n1)CN(CC1CCCC1)C(=O)N2c1cccc(Cl)c1. The van der Waals surface area contributed by atoms with Crippen LogP contribution in [-0.4, -0.2) is 28.4 Å². The number of aromatic nitrogens is 1. The molecule has 2 aromatic rings. The lowest BCUT2D eigenvalue weighted by atomic mass is 10.1. The van der Waals surface area contributed by atoms with Crippen molar-refractivity contribution in [1.29, 1.82) is 0 Å². The molecular weight excluding hydrogens is 412 g/mol. The molecule has 0 unspecified atom stereocenters. The second kappa shape index (κ2) is 9.27. The van der Waals surface area contributed by atoms with Gasteiger partial charge in [0, 0.05) is 17.5 Å². The van der Waals surface area contributed by atoms with Gasteiger partial charge in [-0.1, -0.05) is 44.4 Å². The highest BCUT2D eigenvalue weighted by atomic mass is 35.5. The summed E-state index contributed by atoms with van der Waals surface area (Å²) in [5, 5.41) is 3.49. The molecule has 4 rings (SSSR count). The summed E-state index contributed by atoms with van der Waals surface area (Å²) in [6.07, 6.45) is 5.54. The number of halogens is 1. The van der Waals surface area contributed by atoms with Crippen molar-refractivity contribution in [2.24, 2.45) is 11.8 Å². The van der Waals surface area contributed by atoms with Gasteiger partial charge in [0.2, 0.25) is 5.91 Å². The third-order valence-electron chi connectivity index (χ3n) is 6.32. The fraction of sp³-hybridized carbons (Fsp3) is 0.458. The smallest absolute Gasteiger partial charge is 0.318 e. The molecule has 7 heteroatoms. The molecule has 1 aliphatic carbocycles. The van der Waals surface area contributed by atoms with Gasteiger partial charge in [-0.15, -0.1) is 0 Å². The number of pyridine rings is 1.